The first kappa shape index (κ1) is 18.2. The van der Waals surface area contributed by atoms with Crippen molar-refractivity contribution in [3.63, 3.8) is 0 Å². The van der Waals surface area contributed by atoms with Gasteiger partial charge in [0.2, 0.25) is 0 Å². The van der Waals surface area contributed by atoms with Crippen LogP contribution >= 0.6 is 0 Å². The molecule has 0 bridgehead atoms. The van der Waals surface area contributed by atoms with E-state index in [1.54, 1.807) is 36.4 Å². The fourth-order valence-electron chi connectivity index (χ4n) is 4.07. The summed E-state index contributed by atoms with van der Waals surface area (Å²) in [7, 11) is -3.92. The standard InChI is InChI=1S/C23H21NO4S/c25-29(26,19-9-6-17(7-10-19)16-4-2-1-3-5-16)28-18-8-11-20-21-12-13-24-15-23(21)27-22(20)14-18/h1-11,14,21,23-24H,12-13,15H2. The molecule has 3 aromatic carbocycles. The molecule has 1 fully saturated rings. The normalized spacial score (nSPS) is 20.4. The molecule has 2 aliphatic heterocycles. The van der Waals surface area contributed by atoms with Crippen LogP contribution in [0.25, 0.3) is 11.1 Å². The Balaban J connectivity index is 1.36. The zero-order chi connectivity index (χ0) is 19.8. The van der Waals surface area contributed by atoms with Gasteiger partial charge in [0.15, 0.2) is 0 Å². The molecule has 5 nitrogen and oxygen atoms in total. The first-order chi connectivity index (χ1) is 14.1. The van der Waals surface area contributed by atoms with Gasteiger partial charge in [0, 0.05) is 24.1 Å². The third-order valence-corrected chi connectivity index (χ3v) is 6.81. The minimum absolute atomic E-state index is 0.108. The summed E-state index contributed by atoms with van der Waals surface area (Å²) in [5.74, 6) is 1.35. The molecule has 6 heteroatoms. The van der Waals surface area contributed by atoms with Crippen LogP contribution in [-0.2, 0) is 10.1 Å². The fourth-order valence-corrected chi connectivity index (χ4v) is 4.99. The number of rotatable bonds is 4. The van der Waals surface area contributed by atoms with Crippen molar-refractivity contribution in [1.82, 2.24) is 5.32 Å². The van der Waals surface area contributed by atoms with Crippen LogP contribution < -0.4 is 14.2 Å². The van der Waals surface area contributed by atoms with E-state index < -0.39 is 10.1 Å². The van der Waals surface area contributed by atoms with Gasteiger partial charge in [-0.3, -0.25) is 0 Å². The van der Waals surface area contributed by atoms with E-state index in [1.807, 2.05) is 36.4 Å². The second kappa shape index (κ2) is 7.21. The Hall–Kier alpha value is -2.83. The number of fused-ring (bicyclic) bond motifs is 3. The first-order valence-electron chi connectivity index (χ1n) is 9.71. The van der Waals surface area contributed by atoms with Gasteiger partial charge in [-0.05, 0) is 42.3 Å². The van der Waals surface area contributed by atoms with Crippen LogP contribution in [-0.4, -0.2) is 27.6 Å². The van der Waals surface area contributed by atoms with Crippen molar-refractivity contribution in [3.05, 3.63) is 78.4 Å². The Morgan fingerprint density at radius 3 is 2.48 bits per heavy atom. The second-order valence-corrected chi connectivity index (χ2v) is 8.93. The molecule has 148 valence electrons. The van der Waals surface area contributed by atoms with E-state index >= 15 is 0 Å². The summed E-state index contributed by atoms with van der Waals surface area (Å²) in [5, 5.41) is 3.33. The van der Waals surface area contributed by atoms with E-state index in [-0.39, 0.29) is 16.7 Å². The molecule has 0 amide bonds. The maximum Gasteiger partial charge on any atom is 0.339 e. The lowest BCUT2D eigenvalue weighted by molar-refractivity contribution is 0.176. The number of hydrogen-bond acceptors (Lipinski definition) is 5. The van der Waals surface area contributed by atoms with Crippen LogP contribution in [0.4, 0.5) is 0 Å². The lowest BCUT2D eigenvalue weighted by atomic mass is 9.90. The summed E-state index contributed by atoms with van der Waals surface area (Å²) in [6, 6.07) is 21.8. The lowest BCUT2D eigenvalue weighted by Crippen LogP contribution is -2.39. The van der Waals surface area contributed by atoms with Gasteiger partial charge < -0.3 is 14.2 Å². The molecule has 0 aromatic heterocycles. The number of nitrogens with one attached hydrogen (secondary N) is 1. The monoisotopic (exact) mass is 407 g/mol. The minimum atomic E-state index is -3.92. The molecule has 29 heavy (non-hydrogen) atoms. The van der Waals surface area contributed by atoms with E-state index in [0.29, 0.717) is 5.92 Å². The average molecular weight is 407 g/mol. The van der Waals surface area contributed by atoms with Gasteiger partial charge in [-0.1, -0.05) is 48.5 Å². The average Bonchev–Trinajstić information content (AvgIpc) is 3.12. The number of benzene rings is 3. The van der Waals surface area contributed by atoms with Gasteiger partial charge in [0.25, 0.3) is 0 Å². The summed E-state index contributed by atoms with van der Waals surface area (Å²) >= 11 is 0. The molecule has 2 unspecified atom stereocenters. The molecule has 0 saturated carbocycles. The zero-order valence-electron chi connectivity index (χ0n) is 15.7. The van der Waals surface area contributed by atoms with Gasteiger partial charge in [-0.25, -0.2) is 0 Å². The van der Waals surface area contributed by atoms with Crippen LogP contribution in [0.15, 0.2) is 77.7 Å². The maximum absolute atomic E-state index is 12.7. The van der Waals surface area contributed by atoms with E-state index in [4.69, 9.17) is 8.92 Å². The van der Waals surface area contributed by atoms with Crippen molar-refractivity contribution in [2.45, 2.75) is 23.3 Å². The Bertz CT molecular complexity index is 1130. The molecular formula is C23H21NO4S. The highest BCUT2D eigenvalue weighted by Gasteiger charge is 2.36. The summed E-state index contributed by atoms with van der Waals surface area (Å²) < 4.78 is 36.8. The van der Waals surface area contributed by atoms with E-state index in [1.165, 1.54) is 0 Å². The summed E-state index contributed by atoms with van der Waals surface area (Å²) in [6.45, 7) is 1.77. The Labute approximate surface area is 170 Å². The number of ether oxygens (including phenoxy) is 1. The topological polar surface area (TPSA) is 64.6 Å². The predicted octanol–water partition coefficient (Wildman–Crippen LogP) is 3.96. The van der Waals surface area contributed by atoms with Crippen molar-refractivity contribution in [3.8, 4) is 22.6 Å². The smallest absolute Gasteiger partial charge is 0.339 e. The molecule has 2 heterocycles. The van der Waals surface area contributed by atoms with Crippen LogP contribution in [0.3, 0.4) is 0 Å². The summed E-state index contributed by atoms with van der Waals surface area (Å²) in [4.78, 5) is 0.122. The lowest BCUT2D eigenvalue weighted by Gasteiger charge is -2.24. The molecule has 2 atom stereocenters. The van der Waals surface area contributed by atoms with E-state index in [0.717, 1.165) is 42.0 Å². The van der Waals surface area contributed by atoms with Crippen LogP contribution in [0.5, 0.6) is 11.5 Å². The Kier molecular flexibility index (Phi) is 4.53. The molecular weight excluding hydrogens is 386 g/mol. The molecule has 1 N–H and O–H groups in total. The number of piperidine rings is 1. The Morgan fingerprint density at radius 2 is 1.69 bits per heavy atom. The van der Waals surface area contributed by atoms with Gasteiger partial charge in [-0.2, -0.15) is 8.42 Å². The molecule has 0 aliphatic carbocycles. The molecule has 5 rings (SSSR count). The van der Waals surface area contributed by atoms with Crippen molar-refractivity contribution in [1.29, 1.82) is 0 Å². The molecule has 1 saturated heterocycles. The van der Waals surface area contributed by atoms with Gasteiger partial charge in [0.1, 0.15) is 22.5 Å². The SMILES string of the molecule is O=S(=O)(Oc1ccc2c(c1)OC1CNCCC21)c1ccc(-c2ccccc2)cc1. The zero-order valence-corrected chi connectivity index (χ0v) is 16.6. The van der Waals surface area contributed by atoms with E-state index in [9.17, 15) is 8.42 Å². The van der Waals surface area contributed by atoms with Gasteiger partial charge >= 0.3 is 10.1 Å². The maximum atomic E-state index is 12.7. The van der Waals surface area contributed by atoms with Gasteiger partial charge in [0.05, 0.1) is 0 Å². The Morgan fingerprint density at radius 1 is 0.931 bits per heavy atom. The van der Waals surface area contributed by atoms with E-state index in [2.05, 4.69) is 5.32 Å². The predicted molar refractivity (Wildman–Crippen MR) is 111 cm³/mol. The van der Waals surface area contributed by atoms with Crippen molar-refractivity contribution < 1.29 is 17.3 Å². The first-order valence-corrected chi connectivity index (χ1v) is 11.1. The van der Waals surface area contributed by atoms with Crippen molar-refractivity contribution in [2.24, 2.45) is 0 Å². The number of hydrogen-bond donors (Lipinski definition) is 1. The quantitative estimate of drug-likeness (QED) is 0.663. The summed E-state index contributed by atoms with van der Waals surface area (Å²) in [5.41, 5.74) is 3.12. The van der Waals surface area contributed by atoms with Crippen LogP contribution in [0, 0.1) is 0 Å². The largest absolute Gasteiger partial charge is 0.488 e. The third kappa shape index (κ3) is 3.50. The molecule has 0 radical (unpaired) electrons. The molecule has 0 spiro atoms. The highest BCUT2D eigenvalue weighted by molar-refractivity contribution is 7.87. The molecule has 2 aliphatic rings. The summed E-state index contributed by atoms with van der Waals surface area (Å²) in [6.07, 6.45) is 1.13. The van der Waals surface area contributed by atoms with Crippen molar-refractivity contribution in [2.75, 3.05) is 13.1 Å². The highest BCUT2D eigenvalue weighted by Crippen LogP contribution is 2.43. The van der Waals surface area contributed by atoms with Crippen molar-refractivity contribution >= 4 is 10.1 Å². The molecule has 3 aromatic rings. The minimum Gasteiger partial charge on any atom is -0.488 e. The van der Waals surface area contributed by atoms with Crippen LogP contribution in [0.2, 0.25) is 0 Å². The third-order valence-electron chi connectivity index (χ3n) is 5.55. The van der Waals surface area contributed by atoms with Gasteiger partial charge in [-0.15, -0.1) is 0 Å². The second-order valence-electron chi connectivity index (χ2n) is 7.38. The fraction of sp³-hybridized carbons (Fsp3) is 0.217. The highest BCUT2D eigenvalue weighted by atomic mass is 32.2. The van der Waals surface area contributed by atoms with Crippen LogP contribution in [0.1, 0.15) is 17.9 Å².